The van der Waals surface area contributed by atoms with Crippen LogP contribution >= 0.6 is 12.4 Å². The molecule has 0 saturated carbocycles. The van der Waals surface area contributed by atoms with Gasteiger partial charge in [-0.25, -0.2) is 0 Å². The van der Waals surface area contributed by atoms with Crippen LogP contribution in [0.25, 0.3) is 0 Å². The first-order valence-corrected chi connectivity index (χ1v) is 7.37. The van der Waals surface area contributed by atoms with E-state index in [1.165, 1.54) is 12.8 Å². The molecule has 0 radical (unpaired) electrons. The molecule has 2 saturated heterocycles. The summed E-state index contributed by atoms with van der Waals surface area (Å²) in [6.07, 6.45) is 3.54. The fourth-order valence-electron chi connectivity index (χ4n) is 3.39. The second kappa shape index (κ2) is 6.67. The topological polar surface area (TPSA) is 41.6 Å². The van der Waals surface area contributed by atoms with Gasteiger partial charge < -0.3 is 15.0 Å². The van der Waals surface area contributed by atoms with Crippen molar-refractivity contribution < 1.29 is 9.53 Å². The van der Waals surface area contributed by atoms with Crippen molar-refractivity contribution in [2.45, 2.75) is 19.3 Å². The van der Waals surface area contributed by atoms with Crippen LogP contribution in [0.3, 0.4) is 0 Å². The summed E-state index contributed by atoms with van der Waals surface area (Å²) in [6.45, 7) is 3.99. The summed E-state index contributed by atoms with van der Waals surface area (Å²) in [6, 6.07) is 7.41. The van der Waals surface area contributed by atoms with Crippen molar-refractivity contribution in [3.63, 3.8) is 0 Å². The highest BCUT2D eigenvalue weighted by Crippen LogP contribution is 2.39. The van der Waals surface area contributed by atoms with E-state index in [0.29, 0.717) is 5.41 Å². The lowest BCUT2D eigenvalue weighted by atomic mass is 9.78. The lowest BCUT2D eigenvalue weighted by molar-refractivity contribution is 0.0762. The zero-order valence-electron chi connectivity index (χ0n) is 12.4. The number of amides is 1. The van der Waals surface area contributed by atoms with Crippen molar-refractivity contribution in [3.05, 3.63) is 29.8 Å². The van der Waals surface area contributed by atoms with Crippen LogP contribution in [0, 0.1) is 5.41 Å². The third-order valence-electron chi connectivity index (χ3n) is 4.73. The highest BCUT2D eigenvalue weighted by Gasteiger charge is 2.40. The summed E-state index contributed by atoms with van der Waals surface area (Å²) in [5.74, 6) is 0.945. The Kier molecular flexibility index (Phi) is 5.12. The first-order chi connectivity index (χ1) is 9.72. The second-order valence-electron chi connectivity index (χ2n) is 5.96. The normalized spacial score (nSPS) is 20.1. The van der Waals surface area contributed by atoms with Gasteiger partial charge in [0.05, 0.1) is 7.11 Å². The monoisotopic (exact) mass is 310 g/mol. The van der Waals surface area contributed by atoms with Crippen LogP contribution in [0.2, 0.25) is 0 Å². The molecule has 3 rings (SSSR count). The van der Waals surface area contributed by atoms with Gasteiger partial charge in [-0.15, -0.1) is 12.4 Å². The number of carbonyl (C=O) groups excluding carboxylic acids is 1. The van der Waals surface area contributed by atoms with Crippen molar-refractivity contribution in [1.82, 2.24) is 10.2 Å². The molecule has 4 nitrogen and oxygen atoms in total. The SMILES string of the molecule is COc1ccc(C(=O)N2CCC3(CCNCC3)C2)cc1.Cl. The van der Waals surface area contributed by atoms with Crippen LogP contribution in [-0.2, 0) is 0 Å². The van der Waals surface area contributed by atoms with E-state index in [4.69, 9.17) is 4.74 Å². The molecule has 2 aliphatic rings. The molecule has 0 aliphatic carbocycles. The third kappa shape index (κ3) is 3.33. The molecule has 116 valence electrons. The number of piperidine rings is 1. The van der Waals surface area contributed by atoms with Crippen LogP contribution in [0.5, 0.6) is 5.75 Å². The molecule has 1 spiro atoms. The Morgan fingerprint density at radius 1 is 1.19 bits per heavy atom. The summed E-state index contributed by atoms with van der Waals surface area (Å²) >= 11 is 0. The van der Waals surface area contributed by atoms with Crippen molar-refractivity contribution in [2.24, 2.45) is 5.41 Å². The van der Waals surface area contributed by atoms with E-state index >= 15 is 0 Å². The quantitative estimate of drug-likeness (QED) is 0.911. The molecule has 2 aliphatic heterocycles. The first kappa shape index (κ1) is 16.1. The largest absolute Gasteiger partial charge is 0.497 e. The van der Waals surface area contributed by atoms with Crippen molar-refractivity contribution in [3.8, 4) is 5.75 Å². The number of rotatable bonds is 2. The van der Waals surface area contributed by atoms with Gasteiger partial charge >= 0.3 is 0 Å². The van der Waals surface area contributed by atoms with Gasteiger partial charge in [0, 0.05) is 18.7 Å². The average molecular weight is 311 g/mol. The van der Waals surface area contributed by atoms with E-state index in [9.17, 15) is 4.79 Å². The number of nitrogens with one attached hydrogen (secondary N) is 1. The van der Waals surface area contributed by atoms with E-state index in [2.05, 4.69) is 5.32 Å². The molecule has 0 unspecified atom stereocenters. The standard InChI is InChI=1S/C16H22N2O2.ClH/c1-20-14-4-2-13(3-5-14)15(19)18-11-8-16(12-18)6-9-17-10-7-16;/h2-5,17H,6-12H2,1H3;1H. The second-order valence-corrected chi connectivity index (χ2v) is 5.96. The van der Waals surface area contributed by atoms with Gasteiger partial charge in [0.25, 0.3) is 5.91 Å². The molecule has 0 bridgehead atoms. The summed E-state index contributed by atoms with van der Waals surface area (Å²) < 4.78 is 5.13. The molecule has 0 atom stereocenters. The van der Waals surface area contributed by atoms with Crippen LogP contribution in [-0.4, -0.2) is 44.1 Å². The minimum Gasteiger partial charge on any atom is -0.497 e. The number of likely N-dealkylation sites (tertiary alicyclic amines) is 1. The van der Waals surface area contributed by atoms with Crippen LogP contribution in [0.15, 0.2) is 24.3 Å². The van der Waals surface area contributed by atoms with Gasteiger partial charge in [-0.1, -0.05) is 0 Å². The molecule has 1 N–H and O–H groups in total. The summed E-state index contributed by atoms with van der Waals surface area (Å²) in [4.78, 5) is 14.6. The van der Waals surface area contributed by atoms with E-state index in [1.54, 1.807) is 7.11 Å². The molecule has 2 fully saturated rings. The van der Waals surface area contributed by atoms with E-state index < -0.39 is 0 Å². The maximum Gasteiger partial charge on any atom is 0.253 e. The number of benzene rings is 1. The van der Waals surface area contributed by atoms with Crippen molar-refractivity contribution in [1.29, 1.82) is 0 Å². The first-order valence-electron chi connectivity index (χ1n) is 7.37. The van der Waals surface area contributed by atoms with Gasteiger partial charge in [-0.05, 0) is 62.0 Å². The van der Waals surface area contributed by atoms with Gasteiger partial charge in [0.2, 0.25) is 0 Å². The Morgan fingerprint density at radius 3 is 2.48 bits per heavy atom. The number of carbonyl (C=O) groups is 1. The summed E-state index contributed by atoms with van der Waals surface area (Å²) in [7, 11) is 1.64. The minimum atomic E-state index is 0. The number of hydrogen-bond donors (Lipinski definition) is 1. The van der Waals surface area contributed by atoms with Crippen LogP contribution in [0.1, 0.15) is 29.6 Å². The zero-order valence-corrected chi connectivity index (χ0v) is 13.2. The van der Waals surface area contributed by atoms with Crippen molar-refractivity contribution >= 4 is 18.3 Å². The Hall–Kier alpha value is -1.26. The van der Waals surface area contributed by atoms with E-state index in [1.807, 2.05) is 29.2 Å². The number of methoxy groups -OCH3 is 1. The third-order valence-corrected chi connectivity index (χ3v) is 4.73. The fraction of sp³-hybridized carbons (Fsp3) is 0.562. The van der Waals surface area contributed by atoms with E-state index in [-0.39, 0.29) is 18.3 Å². The maximum atomic E-state index is 12.5. The van der Waals surface area contributed by atoms with Crippen LogP contribution in [0.4, 0.5) is 0 Å². The number of nitrogens with zero attached hydrogens (tertiary/aromatic N) is 1. The Labute approximate surface area is 132 Å². The Balaban J connectivity index is 0.00000161. The zero-order chi connectivity index (χ0) is 14.0. The number of halogens is 1. The fourth-order valence-corrected chi connectivity index (χ4v) is 3.39. The molecule has 1 aromatic rings. The molecular weight excluding hydrogens is 288 g/mol. The Bertz CT molecular complexity index is 484. The molecule has 0 aromatic heterocycles. The van der Waals surface area contributed by atoms with Gasteiger partial charge in [0.15, 0.2) is 0 Å². The van der Waals surface area contributed by atoms with Crippen molar-refractivity contribution in [2.75, 3.05) is 33.3 Å². The molecule has 21 heavy (non-hydrogen) atoms. The number of ether oxygens (including phenoxy) is 1. The molecule has 2 heterocycles. The lowest BCUT2D eigenvalue weighted by Gasteiger charge is -2.33. The predicted molar refractivity (Wildman–Crippen MR) is 85.3 cm³/mol. The van der Waals surface area contributed by atoms with Gasteiger partial charge in [-0.2, -0.15) is 0 Å². The Morgan fingerprint density at radius 2 is 1.86 bits per heavy atom. The van der Waals surface area contributed by atoms with Gasteiger partial charge in [0.1, 0.15) is 5.75 Å². The molecule has 1 amide bonds. The average Bonchev–Trinajstić information content (AvgIpc) is 2.91. The highest BCUT2D eigenvalue weighted by molar-refractivity contribution is 5.94. The smallest absolute Gasteiger partial charge is 0.253 e. The summed E-state index contributed by atoms with van der Waals surface area (Å²) in [5, 5.41) is 3.41. The lowest BCUT2D eigenvalue weighted by Crippen LogP contribution is -2.39. The molecular formula is C16H23ClN2O2. The predicted octanol–water partition coefficient (Wildman–Crippen LogP) is 2.33. The maximum absolute atomic E-state index is 12.5. The molecule has 5 heteroatoms. The molecule has 1 aromatic carbocycles. The summed E-state index contributed by atoms with van der Waals surface area (Å²) in [5.41, 5.74) is 1.13. The van der Waals surface area contributed by atoms with Gasteiger partial charge in [-0.3, -0.25) is 4.79 Å². The highest BCUT2D eigenvalue weighted by atomic mass is 35.5. The number of hydrogen-bond acceptors (Lipinski definition) is 3. The van der Waals surface area contributed by atoms with Crippen LogP contribution < -0.4 is 10.1 Å². The minimum absolute atomic E-state index is 0. The van der Waals surface area contributed by atoms with E-state index in [0.717, 1.165) is 43.9 Å².